The highest BCUT2D eigenvalue weighted by Crippen LogP contribution is 1.99. The third-order valence-electron chi connectivity index (χ3n) is 1.04. The minimum Gasteiger partial charge on any atom is -0.431 e. The summed E-state index contributed by atoms with van der Waals surface area (Å²) in [6, 6.07) is 0. The lowest BCUT2D eigenvalue weighted by Crippen LogP contribution is -2.21. The Morgan fingerprint density at radius 3 is 2.73 bits per heavy atom. The molecule has 1 atom stereocenters. The molecule has 0 radical (unpaired) electrons. The molecule has 0 heterocycles. The van der Waals surface area contributed by atoms with Crippen molar-refractivity contribution in [2.75, 3.05) is 0 Å². The Morgan fingerprint density at radius 2 is 2.36 bits per heavy atom. The van der Waals surface area contributed by atoms with E-state index in [2.05, 4.69) is 11.3 Å². The zero-order chi connectivity index (χ0) is 8.85. The number of hydrogen-bond donors (Lipinski definition) is 2. The summed E-state index contributed by atoms with van der Waals surface area (Å²) in [6.07, 6.45) is 0.0950. The summed E-state index contributed by atoms with van der Waals surface area (Å²) in [5.41, 5.74) is 4.81. The number of carbonyl (C=O) groups excluding carboxylic acids is 1. The van der Waals surface area contributed by atoms with E-state index < -0.39 is 12.3 Å². The van der Waals surface area contributed by atoms with Gasteiger partial charge in [-0.25, -0.2) is 4.79 Å². The van der Waals surface area contributed by atoms with Gasteiger partial charge in [-0.2, -0.15) is 0 Å². The second-order valence-corrected chi connectivity index (χ2v) is 2.17. The van der Waals surface area contributed by atoms with Crippen LogP contribution in [0.1, 0.15) is 19.8 Å². The number of hydrogen-bond acceptors (Lipinski definition) is 4. The minimum absolute atomic E-state index is 0.194. The lowest BCUT2D eigenvalue weighted by molar-refractivity contribution is -0.163. The molecule has 0 aliphatic rings. The van der Waals surface area contributed by atoms with Crippen LogP contribution in [-0.2, 0) is 9.53 Å². The highest BCUT2D eigenvalue weighted by molar-refractivity contribution is 5.86. The second-order valence-electron chi connectivity index (χ2n) is 2.17. The van der Waals surface area contributed by atoms with Gasteiger partial charge in [0.25, 0.3) is 0 Å². The molecule has 0 fully saturated rings. The molecule has 0 aliphatic carbocycles. The van der Waals surface area contributed by atoms with E-state index in [1.54, 1.807) is 0 Å². The highest BCUT2D eigenvalue weighted by Gasteiger charge is 2.10. The molecule has 0 aromatic carbocycles. The van der Waals surface area contributed by atoms with Gasteiger partial charge in [-0.15, -0.1) is 0 Å². The zero-order valence-electron chi connectivity index (χ0n) is 6.54. The van der Waals surface area contributed by atoms with Gasteiger partial charge in [0.1, 0.15) is 5.70 Å². The molecule has 0 aromatic rings. The fourth-order valence-corrected chi connectivity index (χ4v) is 0.505. The first-order valence-corrected chi connectivity index (χ1v) is 3.41. The number of ether oxygens (including phenoxy) is 1. The third-order valence-corrected chi connectivity index (χ3v) is 1.04. The van der Waals surface area contributed by atoms with E-state index in [1.165, 1.54) is 0 Å². The first-order chi connectivity index (χ1) is 5.07. The summed E-state index contributed by atoms with van der Waals surface area (Å²) in [4.78, 5) is 10.6. The molecule has 4 heteroatoms. The second kappa shape index (κ2) is 4.73. The molecular formula is C7H13NO3. The molecule has 1 unspecified atom stereocenters. The molecule has 0 saturated heterocycles. The van der Waals surface area contributed by atoms with Crippen LogP contribution in [0, 0.1) is 0 Å². The van der Waals surface area contributed by atoms with Crippen molar-refractivity contribution in [2.24, 2.45) is 5.73 Å². The monoisotopic (exact) mass is 159 g/mol. The quantitative estimate of drug-likeness (QED) is 0.347. The predicted molar refractivity (Wildman–Crippen MR) is 40.3 cm³/mol. The molecule has 0 aliphatic heterocycles. The van der Waals surface area contributed by atoms with E-state index in [4.69, 9.17) is 10.8 Å². The Labute approximate surface area is 65.6 Å². The van der Waals surface area contributed by atoms with Crippen molar-refractivity contribution in [3.8, 4) is 0 Å². The number of esters is 1. The molecule has 0 aromatic heterocycles. The normalized spacial score (nSPS) is 12.2. The average molecular weight is 159 g/mol. The summed E-state index contributed by atoms with van der Waals surface area (Å²) in [6.45, 7) is 5.03. The number of aliphatic hydroxyl groups excluding tert-OH is 1. The molecule has 0 spiro atoms. The van der Waals surface area contributed by atoms with Crippen LogP contribution < -0.4 is 5.73 Å². The van der Waals surface area contributed by atoms with Gasteiger partial charge in [-0.1, -0.05) is 19.9 Å². The molecule has 4 nitrogen and oxygen atoms in total. The van der Waals surface area contributed by atoms with Crippen LogP contribution in [0.15, 0.2) is 12.3 Å². The predicted octanol–water partition coefficient (Wildman–Crippen LogP) is 0.120. The first kappa shape index (κ1) is 9.97. The zero-order valence-corrected chi connectivity index (χ0v) is 6.54. The molecule has 64 valence electrons. The Bertz CT molecular complexity index is 156. The van der Waals surface area contributed by atoms with Crippen LogP contribution in [0.2, 0.25) is 0 Å². The van der Waals surface area contributed by atoms with Crippen LogP contribution >= 0.6 is 0 Å². The summed E-state index contributed by atoms with van der Waals surface area (Å²) in [5, 5.41) is 8.93. The Kier molecular flexibility index (Phi) is 4.29. The van der Waals surface area contributed by atoms with Gasteiger partial charge in [0, 0.05) is 6.42 Å². The maximum Gasteiger partial charge on any atom is 0.355 e. The molecule has 0 amide bonds. The van der Waals surface area contributed by atoms with Crippen molar-refractivity contribution in [1.29, 1.82) is 0 Å². The van der Waals surface area contributed by atoms with Crippen LogP contribution in [0.25, 0.3) is 0 Å². The molecule has 0 rings (SSSR count). The van der Waals surface area contributed by atoms with Crippen molar-refractivity contribution < 1.29 is 14.6 Å². The van der Waals surface area contributed by atoms with Gasteiger partial charge in [0.05, 0.1) is 0 Å². The van der Waals surface area contributed by atoms with Gasteiger partial charge >= 0.3 is 5.97 Å². The highest BCUT2D eigenvalue weighted by atomic mass is 16.6. The van der Waals surface area contributed by atoms with Crippen molar-refractivity contribution >= 4 is 5.97 Å². The molecule has 3 N–H and O–H groups in total. The van der Waals surface area contributed by atoms with E-state index in [9.17, 15) is 4.79 Å². The molecule has 0 bridgehead atoms. The van der Waals surface area contributed by atoms with Crippen LogP contribution in [0.3, 0.4) is 0 Å². The molecular weight excluding hydrogens is 146 g/mol. The summed E-state index contributed by atoms with van der Waals surface area (Å²) in [5.74, 6) is -0.758. The lowest BCUT2D eigenvalue weighted by atomic mass is 10.3. The van der Waals surface area contributed by atoms with Crippen molar-refractivity contribution in [3.05, 3.63) is 12.3 Å². The molecule has 11 heavy (non-hydrogen) atoms. The topological polar surface area (TPSA) is 72.6 Å². The van der Waals surface area contributed by atoms with E-state index in [-0.39, 0.29) is 5.70 Å². The van der Waals surface area contributed by atoms with Gasteiger partial charge < -0.3 is 15.6 Å². The van der Waals surface area contributed by atoms with Gasteiger partial charge in [-0.05, 0) is 0 Å². The average Bonchev–Trinajstić information content (AvgIpc) is 1.87. The van der Waals surface area contributed by atoms with Crippen LogP contribution in [-0.4, -0.2) is 17.4 Å². The van der Waals surface area contributed by atoms with Crippen LogP contribution in [0.4, 0.5) is 0 Å². The SMILES string of the molecule is C=C(N)C(=O)OC(O)CCC. The standard InChI is InChI=1S/C7H13NO3/c1-3-4-6(9)11-7(10)5(2)8/h6,9H,2-4,8H2,1H3. The van der Waals surface area contributed by atoms with E-state index in [1.807, 2.05) is 6.92 Å². The van der Waals surface area contributed by atoms with Gasteiger partial charge in [-0.3, -0.25) is 0 Å². The number of rotatable bonds is 4. The number of nitrogens with two attached hydrogens (primary N) is 1. The smallest absolute Gasteiger partial charge is 0.355 e. The van der Waals surface area contributed by atoms with E-state index in [0.29, 0.717) is 6.42 Å². The maximum absolute atomic E-state index is 10.6. The number of carbonyl (C=O) groups is 1. The summed E-state index contributed by atoms with van der Waals surface area (Å²) >= 11 is 0. The van der Waals surface area contributed by atoms with Gasteiger partial charge in [0.2, 0.25) is 6.29 Å². The summed E-state index contributed by atoms with van der Waals surface area (Å²) in [7, 11) is 0. The maximum atomic E-state index is 10.6. The lowest BCUT2D eigenvalue weighted by Gasteiger charge is -2.09. The third kappa shape index (κ3) is 4.38. The van der Waals surface area contributed by atoms with Gasteiger partial charge in [0.15, 0.2) is 0 Å². The number of aliphatic hydroxyl groups is 1. The minimum atomic E-state index is -1.06. The fraction of sp³-hybridized carbons (Fsp3) is 0.571. The van der Waals surface area contributed by atoms with Crippen LogP contribution in [0.5, 0.6) is 0 Å². The van der Waals surface area contributed by atoms with Crippen molar-refractivity contribution in [3.63, 3.8) is 0 Å². The first-order valence-electron chi connectivity index (χ1n) is 3.41. The van der Waals surface area contributed by atoms with Crippen molar-refractivity contribution in [2.45, 2.75) is 26.1 Å². The van der Waals surface area contributed by atoms with Crippen molar-refractivity contribution in [1.82, 2.24) is 0 Å². The van der Waals surface area contributed by atoms with E-state index in [0.717, 1.165) is 6.42 Å². The Morgan fingerprint density at radius 1 is 1.82 bits per heavy atom. The Hall–Kier alpha value is -1.03. The van der Waals surface area contributed by atoms with E-state index >= 15 is 0 Å². The molecule has 0 saturated carbocycles. The largest absolute Gasteiger partial charge is 0.431 e. The fourth-order valence-electron chi connectivity index (χ4n) is 0.505. The summed E-state index contributed by atoms with van der Waals surface area (Å²) < 4.78 is 4.44. The Balaban J connectivity index is 3.66.